The van der Waals surface area contributed by atoms with Crippen molar-refractivity contribution in [3.8, 4) is 5.69 Å². The van der Waals surface area contributed by atoms with Gasteiger partial charge in [0.15, 0.2) is 0 Å². The first-order valence-electron chi connectivity index (χ1n) is 12.3. The van der Waals surface area contributed by atoms with Crippen LogP contribution in [0.15, 0.2) is 72.8 Å². The van der Waals surface area contributed by atoms with Crippen LogP contribution >= 0.6 is 0 Å². The molecule has 1 amide bonds. The molecular weight excluding hydrogens is 439 g/mol. The van der Waals surface area contributed by atoms with Crippen molar-refractivity contribution in [1.82, 2.24) is 14.5 Å². The molecule has 1 aliphatic heterocycles. The molecule has 3 aromatic carbocycles. The van der Waals surface area contributed by atoms with Gasteiger partial charge in [0.05, 0.1) is 23.5 Å². The van der Waals surface area contributed by atoms with Crippen LogP contribution in [0.5, 0.6) is 0 Å². The van der Waals surface area contributed by atoms with Crippen molar-refractivity contribution < 1.29 is 9.18 Å². The van der Waals surface area contributed by atoms with E-state index in [1.807, 2.05) is 42.5 Å². The van der Waals surface area contributed by atoms with Gasteiger partial charge in [-0.1, -0.05) is 44.2 Å². The van der Waals surface area contributed by atoms with Crippen molar-refractivity contribution in [3.05, 3.63) is 90.0 Å². The Labute approximate surface area is 205 Å². The molecule has 5 nitrogen and oxygen atoms in total. The summed E-state index contributed by atoms with van der Waals surface area (Å²) < 4.78 is 15.7. The molecule has 1 atom stereocenters. The molecule has 1 aromatic heterocycles. The molecule has 5 rings (SSSR count). The zero-order chi connectivity index (χ0) is 24.4. The summed E-state index contributed by atoms with van der Waals surface area (Å²) in [4.78, 5) is 20.4. The molecule has 1 N–H and O–H groups in total. The van der Waals surface area contributed by atoms with E-state index in [1.54, 1.807) is 12.1 Å². The predicted octanol–water partition coefficient (Wildman–Crippen LogP) is 6.14. The molecule has 1 fully saturated rings. The molecule has 180 valence electrons. The number of imidazole rings is 1. The largest absolute Gasteiger partial charge is 0.326 e. The van der Waals surface area contributed by atoms with Crippen LogP contribution in [0.1, 0.15) is 44.0 Å². The summed E-state index contributed by atoms with van der Waals surface area (Å²) >= 11 is 0. The first-order chi connectivity index (χ1) is 17.0. The van der Waals surface area contributed by atoms with Crippen molar-refractivity contribution in [2.24, 2.45) is 5.92 Å². The van der Waals surface area contributed by atoms with Gasteiger partial charge in [0.25, 0.3) is 0 Å². The molecule has 0 spiro atoms. The normalized spacial score (nSPS) is 16.6. The van der Waals surface area contributed by atoms with Crippen molar-refractivity contribution in [2.75, 3.05) is 18.4 Å². The van der Waals surface area contributed by atoms with Gasteiger partial charge < -0.3 is 5.32 Å². The lowest BCUT2D eigenvalue weighted by atomic mass is 9.96. The minimum atomic E-state index is -0.261. The molecule has 35 heavy (non-hydrogen) atoms. The van der Waals surface area contributed by atoms with Gasteiger partial charge in [0, 0.05) is 17.9 Å². The van der Waals surface area contributed by atoms with E-state index in [0.717, 1.165) is 53.2 Å². The number of benzene rings is 3. The van der Waals surface area contributed by atoms with Gasteiger partial charge in [0.1, 0.15) is 11.6 Å². The lowest BCUT2D eigenvalue weighted by Crippen LogP contribution is -2.40. The Morgan fingerprint density at radius 1 is 1.06 bits per heavy atom. The minimum absolute atomic E-state index is 0.0763. The fraction of sp³-hybridized carbons (Fsp3) is 0.310. The number of halogens is 1. The Kier molecular flexibility index (Phi) is 6.64. The van der Waals surface area contributed by atoms with Crippen LogP contribution in [0.3, 0.4) is 0 Å². The summed E-state index contributed by atoms with van der Waals surface area (Å²) in [7, 11) is 0. The van der Waals surface area contributed by atoms with Crippen LogP contribution in [0, 0.1) is 11.7 Å². The third kappa shape index (κ3) is 4.98. The molecule has 0 saturated carbocycles. The van der Waals surface area contributed by atoms with Gasteiger partial charge >= 0.3 is 0 Å². The topological polar surface area (TPSA) is 50.2 Å². The van der Waals surface area contributed by atoms with E-state index < -0.39 is 0 Å². The number of piperidine rings is 1. The van der Waals surface area contributed by atoms with E-state index in [4.69, 9.17) is 4.98 Å². The number of rotatable bonds is 6. The number of para-hydroxylation sites is 3. The number of carbonyl (C=O) groups excluding carboxylic acids is 1. The van der Waals surface area contributed by atoms with E-state index in [0.29, 0.717) is 19.0 Å². The average molecular weight is 471 g/mol. The number of nitrogens with zero attached hydrogens (tertiary/aromatic N) is 3. The van der Waals surface area contributed by atoms with E-state index in [2.05, 4.69) is 34.7 Å². The second-order valence-corrected chi connectivity index (χ2v) is 9.63. The molecule has 1 saturated heterocycles. The maximum absolute atomic E-state index is 13.6. The van der Waals surface area contributed by atoms with Crippen LogP contribution in [-0.2, 0) is 11.3 Å². The number of anilines is 1. The molecular formula is C29H31FN4O. The fourth-order valence-electron chi connectivity index (χ4n) is 5.02. The summed E-state index contributed by atoms with van der Waals surface area (Å²) in [6.07, 6.45) is 1.83. The molecule has 2 heterocycles. The van der Waals surface area contributed by atoms with Crippen LogP contribution in [0.25, 0.3) is 16.7 Å². The SMILES string of the molecule is CC(C)c1ccccc1NC(=O)[C@H]1CCCN(Cc2nc3ccccc3n2-c2ccc(F)cc2)C1. The Morgan fingerprint density at radius 2 is 1.80 bits per heavy atom. The lowest BCUT2D eigenvalue weighted by Gasteiger charge is -2.32. The Hall–Kier alpha value is -3.51. The van der Waals surface area contributed by atoms with Crippen LogP contribution < -0.4 is 5.32 Å². The zero-order valence-electron chi connectivity index (χ0n) is 20.2. The van der Waals surface area contributed by atoms with Gasteiger partial charge in [-0.3, -0.25) is 14.3 Å². The maximum atomic E-state index is 13.6. The average Bonchev–Trinajstić information content (AvgIpc) is 3.22. The van der Waals surface area contributed by atoms with Gasteiger partial charge in [-0.2, -0.15) is 0 Å². The number of fused-ring (bicyclic) bond motifs is 1. The lowest BCUT2D eigenvalue weighted by molar-refractivity contribution is -0.121. The van der Waals surface area contributed by atoms with Gasteiger partial charge in [-0.05, 0) is 73.3 Å². The summed E-state index contributed by atoms with van der Waals surface area (Å²) in [6, 6.07) is 22.6. The van der Waals surface area contributed by atoms with Gasteiger partial charge in [0.2, 0.25) is 5.91 Å². The maximum Gasteiger partial charge on any atom is 0.228 e. The number of amides is 1. The van der Waals surface area contributed by atoms with Gasteiger partial charge in [-0.15, -0.1) is 0 Å². The van der Waals surface area contributed by atoms with Crippen molar-refractivity contribution in [1.29, 1.82) is 0 Å². The Morgan fingerprint density at radius 3 is 2.60 bits per heavy atom. The highest BCUT2D eigenvalue weighted by Crippen LogP contribution is 2.27. The van der Waals surface area contributed by atoms with Gasteiger partial charge in [-0.25, -0.2) is 9.37 Å². The summed E-state index contributed by atoms with van der Waals surface area (Å²) in [5.41, 5.74) is 4.84. The standard InChI is InChI=1S/C29H31FN4O/c1-20(2)24-9-3-4-10-25(24)32-29(35)21-8-7-17-33(18-21)19-28-31-26-11-5-6-12-27(26)34(28)23-15-13-22(30)14-16-23/h3-6,9-16,20-21H,7-8,17-19H2,1-2H3,(H,32,35)/t21-/m0/s1. The first-order valence-corrected chi connectivity index (χ1v) is 12.3. The number of hydrogen-bond acceptors (Lipinski definition) is 3. The third-order valence-electron chi connectivity index (χ3n) is 6.80. The monoisotopic (exact) mass is 470 g/mol. The van der Waals surface area contributed by atoms with Crippen molar-refractivity contribution in [3.63, 3.8) is 0 Å². The molecule has 0 bridgehead atoms. The number of hydrogen-bond donors (Lipinski definition) is 1. The Balaban J connectivity index is 1.36. The van der Waals surface area contributed by atoms with E-state index >= 15 is 0 Å². The summed E-state index contributed by atoms with van der Waals surface area (Å²) in [6.45, 7) is 6.50. The smallest absolute Gasteiger partial charge is 0.228 e. The molecule has 0 radical (unpaired) electrons. The molecule has 6 heteroatoms. The highest BCUT2D eigenvalue weighted by atomic mass is 19.1. The number of likely N-dealkylation sites (tertiary alicyclic amines) is 1. The summed E-state index contributed by atoms with van der Waals surface area (Å²) in [5.74, 6) is 0.976. The first kappa shape index (κ1) is 23.2. The quantitative estimate of drug-likeness (QED) is 0.368. The highest BCUT2D eigenvalue weighted by Gasteiger charge is 2.27. The Bertz CT molecular complexity index is 1330. The number of nitrogens with one attached hydrogen (secondary N) is 1. The van der Waals surface area contributed by atoms with Crippen LogP contribution in [0.4, 0.5) is 10.1 Å². The highest BCUT2D eigenvalue weighted by molar-refractivity contribution is 5.93. The molecule has 4 aromatic rings. The zero-order valence-corrected chi connectivity index (χ0v) is 20.2. The molecule has 0 unspecified atom stereocenters. The van der Waals surface area contributed by atoms with Crippen molar-refractivity contribution in [2.45, 2.75) is 39.2 Å². The van der Waals surface area contributed by atoms with E-state index in [1.165, 1.54) is 12.1 Å². The fourth-order valence-corrected chi connectivity index (χ4v) is 5.02. The molecule has 0 aliphatic carbocycles. The van der Waals surface area contributed by atoms with Crippen LogP contribution in [0.2, 0.25) is 0 Å². The molecule has 1 aliphatic rings. The minimum Gasteiger partial charge on any atom is -0.326 e. The second-order valence-electron chi connectivity index (χ2n) is 9.63. The number of aromatic nitrogens is 2. The third-order valence-corrected chi connectivity index (χ3v) is 6.80. The summed E-state index contributed by atoms with van der Waals surface area (Å²) in [5, 5.41) is 3.19. The predicted molar refractivity (Wildman–Crippen MR) is 138 cm³/mol. The van der Waals surface area contributed by atoms with E-state index in [-0.39, 0.29) is 17.6 Å². The second kappa shape index (κ2) is 10.0. The van der Waals surface area contributed by atoms with Crippen molar-refractivity contribution >= 4 is 22.6 Å². The number of carbonyl (C=O) groups is 1. The van der Waals surface area contributed by atoms with Crippen LogP contribution in [-0.4, -0.2) is 33.4 Å². The van der Waals surface area contributed by atoms with E-state index in [9.17, 15) is 9.18 Å².